The van der Waals surface area contributed by atoms with Gasteiger partial charge >= 0.3 is 0 Å². The molecule has 0 spiro atoms. The van der Waals surface area contributed by atoms with E-state index < -0.39 is 0 Å². The van der Waals surface area contributed by atoms with E-state index in [1.165, 1.54) is 36.8 Å². The van der Waals surface area contributed by atoms with Crippen LogP contribution in [0.2, 0.25) is 0 Å². The lowest BCUT2D eigenvalue weighted by molar-refractivity contribution is 0.614. The highest BCUT2D eigenvalue weighted by Gasteiger charge is 2.15. The molecular weight excluding hydrogens is 246 g/mol. The molecule has 1 aliphatic rings. The van der Waals surface area contributed by atoms with Gasteiger partial charge in [-0.2, -0.15) is 0 Å². The van der Waals surface area contributed by atoms with Crippen LogP contribution in [0.25, 0.3) is 0 Å². The third kappa shape index (κ3) is 4.87. The van der Waals surface area contributed by atoms with E-state index in [1.807, 2.05) is 0 Å². The van der Waals surface area contributed by atoms with E-state index in [0.717, 1.165) is 25.5 Å². The van der Waals surface area contributed by atoms with Crippen LogP contribution in [0.1, 0.15) is 43.7 Å². The lowest BCUT2D eigenvalue weighted by Gasteiger charge is -2.16. The summed E-state index contributed by atoms with van der Waals surface area (Å²) < 4.78 is 0. The molecule has 1 fully saturated rings. The molecule has 1 saturated carbocycles. The van der Waals surface area contributed by atoms with Gasteiger partial charge in [-0.15, -0.1) is 0 Å². The number of hydrogen-bond acceptors (Lipinski definition) is 1. The van der Waals surface area contributed by atoms with Gasteiger partial charge in [0.2, 0.25) is 0 Å². The summed E-state index contributed by atoms with van der Waals surface area (Å²) in [5.74, 6) is 0.978. The molecule has 1 aliphatic carbocycles. The fraction of sp³-hybridized carbons (Fsp3) is 0.588. The number of benzene rings is 1. The largest absolute Gasteiger partial charge is 0.357 e. The van der Waals surface area contributed by atoms with E-state index in [0.29, 0.717) is 6.04 Å². The minimum absolute atomic E-state index is 0.618. The highest BCUT2D eigenvalue weighted by atomic mass is 15.2. The zero-order chi connectivity index (χ0) is 14.2. The Morgan fingerprint density at radius 2 is 1.90 bits per heavy atom. The molecule has 0 unspecified atom stereocenters. The number of hydrogen-bond donors (Lipinski definition) is 2. The molecule has 1 aromatic rings. The van der Waals surface area contributed by atoms with Crippen molar-refractivity contribution in [1.29, 1.82) is 0 Å². The summed E-state index contributed by atoms with van der Waals surface area (Å²) in [6.45, 7) is 6.00. The molecule has 0 aromatic heterocycles. The van der Waals surface area contributed by atoms with E-state index in [2.05, 4.69) is 53.7 Å². The highest BCUT2D eigenvalue weighted by molar-refractivity contribution is 5.80. The SMILES string of the molecule is CCNC(=NCCc1ccc(C)cc1)NC1CCCC1. The molecule has 0 atom stereocenters. The van der Waals surface area contributed by atoms with Crippen LogP contribution in [-0.2, 0) is 6.42 Å². The number of aliphatic imine (C=N–C) groups is 1. The maximum Gasteiger partial charge on any atom is 0.191 e. The molecule has 0 amide bonds. The summed E-state index contributed by atoms with van der Waals surface area (Å²) in [4.78, 5) is 4.69. The Balaban J connectivity index is 1.83. The van der Waals surface area contributed by atoms with Crippen LogP contribution in [0.4, 0.5) is 0 Å². The fourth-order valence-electron chi connectivity index (χ4n) is 2.64. The van der Waals surface area contributed by atoms with Crippen molar-refractivity contribution in [2.24, 2.45) is 4.99 Å². The van der Waals surface area contributed by atoms with Gasteiger partial charge in [-0.3, -0.25) is 4.99 Å². The van der Waals surface area contributed by atoms with Crippen molar-refractivity contribution >= 4 is 5.96 Å². The first-order valence-electron chi connectivity index (χ1n) is 7.88. The third-order valence-corrected chi connectivity index (χ3v) is 3.83. The number of aryl methyl sites for hydroxylation is 1. The lowest BCUT2D eigenvalue weighted by atomic mass is 10.1. The van der Waals surface area contributed by atoms with Crippen molar-refractivity contribution in [3.8, 4) is 0 Å². The second kappa shape index (κ2) is 7.93. The highest BCUT2D eigenvalue weighted by Crippen LogP contribution is 2.17. The van der Waals surface area contributed by atoms with Gasteiger partial charge in [-0.25, -0.2) is 0 Å². The van der Waals surface area contributed by atoms with Crippen molar-refractivity contribution in [2.45, 2.75) is 52.0 Å². The topological polar surface area (TPSA) is 36.4 Å². The monoisotopic (exact) mass is 273 g/mol. The van der Waals surface area contributed by atoms with Crippen molar-refractivity contribution in [3.05, 3.63) is 35.4 Å². The van der Waals surface area contributed by atoms with Gasteiger partial charge in [-0.05, 0) is 38.7 Å². The summed E-state index contributed by atoms with van der Waals surface area (Å²) in [5, 5.41) is 6.89. The van der Waals surface area contributed by atoms with Gasteiger partial charge in [0.05, 0.1) is 0 Å². The molecule has 0 heterocycles. The molecule has 0 bridgehead atoms. The van der Waals surface area contributed by atoms with Crippen LogP contribution in [0, 0.1) is 6.92 Å². The number of nitrogens with one attached hydrogen (secondary N) is 2. The maximum absolute atomic E-state index is 4.69. The standard InChI is InChI=1S/C17H27N3/c1-3-18-17(20-16-6-4-5-7-16)19-13-12-15-10-8-14(2)9-11-15/h8-11,16H,3-7,12-13H2,1-2H3,(H2,18,19,20). The van der Waals surface area contributed by atoms with Crippen molar-refractivity contribution in [3.63, 3.8) is 0 Å². The fourth-order valence-corrected chi connectivity index (χ4v) is 2.64. The summed E-state index contributed by atoms with van der Waals surface area (Å²) in [6.07, 6.45) is 6.26. The first-order chi connectivity index (χ1) is 9.78. The van der Waals surface area contributed by atoms with Gasteiger partial charge in [0, 0.05) is 19.1 Å². The van der Waals surface area contributed by atoms with Crippen LogP contribution in [0.15, 0.2) is 29.3 Å². The molecule has 3 nitrogen and oxygen atoms in total. The molecule has 0 aliphatic heterocycles. The van der Waals surface area contributed by atoms with E-state index >= 15 is 0 Å². The van der Waals surface area contributed by atoms with Gasteiger partial charge in [0.1, 0.15) is 0 Å². The first-order valence-corrected chi connectivity index (χ1v) is 7.88. The molecule has 3 heteroatoms. The van der Waals surface area contributed by atoms with E-state index in [1.54, 1.807) is 0 Å². The smallest absolute Gasteiger partial charge is 0.191 e. The van der Waals surface area contributed by atoms with E-state index in [4.69, 9.17) is 0 Å². The molecule has 1 aromatic carbocycles. The third-order valence-electron chi connectivity index (χ3n) is 3.83. The average Bonchev–Trinajstić information content (AvgIpc) is 2.94. The van der Waals surface area contributed by atoms with Gasteiger partial charge < -0.3 is 10.6 Å². The maximum atomic E-state index is 4.69. The van der Waals surface area contributed by atoms with Gasteiger partial charge in [-0.1, -0.05) is 42.7 Å². The Labute approximate surface area is 122 Å². The first kappa shape index (κ1) is 14.9. The molecule has 0 radical (unpaired) electrons. The Kier molecular flexibility index (Phi) is 5.90. The Bertz CT molecular complexity index is 416. The Morgan fingerprint density at radius 1 is 1.20 bits per heavy atom. The van der Waals surface area contributed by atoms with Gasteiger partial charge in [0.15, 0.2) is 5.96 Å². The zero-order valence-electron chi connectivity index (χ0n) is 12.8. The van der Waals surface area contributed by atoms with Crippen molar-refractivity contribution in [1.82, 2.24) is 10.6 Å². The van der Waals surface area contributed by atoms with Crippen molar-refractivity contribution < 1.29 is 0 Å². The van der Waals surface area contributed by atoms with E-state index in [-0.39, 0.29) is 0 Å². The van der Waals surface area contributed by atoms with Crippen LogP contribution >= 0.6 is 0 Å². The number of rotatable bonds is 5. The number of guanidine groups is 1. The van der Waals surface area contributed by atoms with Gasteiger partial charge in [0.25, 0.3) is 0 Å². The Morgan fingerprint density at radius 3 is 2.55 bits per heavy atom. The van der Waals surface area contributed by atoms with Crippen LogP contribution < -0.4 is 10.6 Å². The van der Waals surface area contributed by atoms with Crippen LogP contribution in [0.5, 0.6) is 0 Å². The second-order valence-corrected chi connectivity index (χ2v) is 5.62. The van der Waals surface area contributed by atoms with E-state index in [9.17, 15) is 0 Å². The molecule has 2 rings (SSSR count). The molecule has 2 N–H and O–H groups in total. The minimum atomic E-state index is 0.618. The summed E-state index contributed by atoms with van der Waals surface area (Å²) in [6, 6.07) is 9.35. The van der Waals surface area contributed by atoms with Crippen molar-refractivity contribution in [2.75, 3.05) is 13.1 Å². The average molecular weight is 273 g/mol. The summed E-state index contributed by atoms with van der Waals surface area (Å²) >= 11 is 0. The molecule has 0 saturated heterocycles. The molecule has 110 valence electrons. The predicted molar refractivity (Wildman–Crippen MR) is 86.3 cm³/mol. The summed E-state index contributed by atoms with van der Waals surface area (Å²) in [5.41, 5.74) is 2.67. The lowest BCUT2D eigenvalue weighted by Crippen LogP contribution is -2.42. The minimum Gasteiger partial charge on any atom is -0.357 e. The van der Waals surface area contributed by atoms with Crippen LogP contribution in [-0.4, -0.2) is 25.1 Å². The number of nitrogens with zero attached hydrogens (tertiary/aromatic N) is 1. The molecular formula is C17H27N3. The Hall–Kier alpha value is -1.51. The summed E-state index contributed by atoms with van der Waals surface area (Å²) in [7, 11) is 0. The molecule has 20 heavy (non-hydrogen) atoms. The zero-order valence-corrected chi connectivity index (χ0v) is 12.8. The van der Waals surface area contributed by atoms with Crippen LogP contribution in [0.3, 0.4) is 0 Å². The normalized spacial score (nSPS) is 16.4. The quantitative estimate of drug-likeness (QED) is 0.639. The predicted octanol–water partition coefficient (Wildman–Crippen LogP) is 3.04. The second-order valence-electron chi connectivity index (χ2n) is 5.62.